The summed E-state index contributed by atoms with van der Waals surface area (Å²) in [5, 5.41) is 0. The SMILES string of the molecule is COc1ccc(Br)cc1S(=O)(=O)NC(CN)C1CC1. The van der Waals surface area contributed by atoms with Crippen LogP contribution in [-0.4, -0.2) is 28.1 Å². The van der Waals surface area contributed by atoms with Crippen LogP contribution in [0.3, 0.4) is 0 Å². The van der Waals surface area contributed by atoms with Crippen LogP contribution in [-0.2, 0) is 10.0 Å². The molecule has 0 spiro atoms. The van der Waals surface area contributed by atoms with Gasteiger partial charge in [-0.25, -0.2) is 13.1 Å². The molecule has 0 aliphatic heterocycles. The maximum Gasteiger partial charge on any atom is 0.244 e. The van der Waals surface area contributed by atoms with Gasteiger partial charge >= 0.3 is 0 Å². The minimum Gasteiger partial charge on any atom is -0.495 e. The van der Waals surface area contributed by atoms with E-state index < -0.39 is 10.0 Å². The number of hydrogen-bond acceptors (Lipinski definition) is 4. The molecule has 19 heavy (non-hydrogen) atoms. The Labute approximate surface area is 121 Å². The average molecular weight is 349 g/mol. The predicted molar refractivity (Wildman–Crippen MR) is 76.6 cm³/mol. The number of ether oxygens (including phenoxy) is 1. The fraction of sp³-hybridized carbons (Fsp3) is 0.500. The normalized spacial score (nSPS) is 17.2. The van der Waals surface area contributed by atoms with Crippen LogP contribution in [0.25, 0.3) is 0 Å². The third-order valence-corrected chi connectivity index (χ3v) is 5.17. The van der Waals surface area contributed by atoms with Crippen LogP contribution >= 0.6 is 15.9 Å². The molecule has 1 fully saturated rings. The van der Waals surface area contributed by atoms with Crippen LogP contribution in [0.15, 0.2) is 27.6 Å². The summed E-state index contributed by atoms with van der Waals surface area (Å²) in [6.07, 6.45) is 2.06. The molecule has 0 amide bonds. The summed E-state index contributed by atoms with van der Waals surface area (Å²) < 4.78 is 33.3. The molecule has 1 unspecified atom stereocenters. The van der Waals surface area contributed by atoms with Crippen molar-refractivity contribution in [1.82, 2.24) is 4.72 Å². The number of methoxy groups -OCH3 is 1. The Kier molecular flexibility index (Phi) is 4.50. The fourth-order valence-corrected chi connectivity index (χ4v) is 3.98. The quantitative estimate of drug-likeness (QED) is 0.815. The molecule has 0 saturated heterocycles. The molecular formula is C12H17BrN2O3S. The number of sulfonamides is 1. The van der Waals surface area contributed by atoms with Crippen LogP contribution in [0.1, 0.15) is 12.8 Å². The van der Waals surface area contributed by atoms with Gasteiger partial charge in [0, 0.05) is 17.1 Å². The Morgan fingerprint density at radius 1 is 1.53 bits per heavy atom. The number of rotatable bonds is 6. The van der Waals surface area contributed by atoms with Gasteiger partial charge in [0.15, 0.2) is 0 Å². The van der Waals surface area contributed by atoms with Crippen molar-refractivity contribution in [2.75, 3.05) is 13.7 Å². The molecule has 1 aliphatic rings. The molecule has 5 nitrogen and oxygen atoms in total. The first-order chi connectivity index (χ1) is 8.97. The van der Waals surface area contributed by atoms with Gasteiger partial charge in [0.1, 0.15) is 10.6 Å². The molecule has 1 aromatic rings. The van der Waals surface area contributed by atoms with Crippen molar-refractivity contribution in [3.05, 3.63) is 22.7 Å². The second kappa shape index (κ2) is 5.78. The molecule has 1 atom stereocenters. The lowest BCUT2D eigenvalue weighted by Gasteiger charge is -2.17. The molecule has 106 valence electrons. The van der Waals surface area contributed by atoms with E-state index in [-0.39, 0.29) is 10.9 Å². The average Bonchev–Trinajstić information content (AvgIpc) is 3.20. The third-order valence-electron chi connectivity index (χ3n) is 3.17. The highest BCUT2D eigenvalue weighted by Crippen LogP contribution is 2.34. The summed E-state index contributed by atoms with van der Waals surface area (Å²) in [7, 11) is -2.18. The minimum absolute atomic E-state index is 0.128. The van der Waals surface area contributed by atoms with E-state index in [2.05, 4.69) is 20.7 Å². The number of benzene rings is 1. The van der Waals surface area contributed by atoms with E-state index >= 15 is 0 Å². The topological polar surface area (TPSA) is 81.4 Å². The van der Waals surface area contributed by atoms with Crippen molar-refractivity contribution in [2.45, 2.75) is 23.8 Å². The number of halogens is 1. The monoisotopic (exact) mass is 348 g/mol. The Morgan fingerprint density at radius 2 is 2.21 bits per heavy atom. The molecular weight excluding hydrogens is 332 g/mol. The molecule has 0 aromatic heterocycles. The van der Waals surface area contributed by atoms with Crippen molar-refractivity contribution in [2.24, 2.45) is 11.7 Å². The molecule has 2 rings (SSSR count). The van der Waals surface area contributed by atoms with E-state index in [1.54, 1.807) is 12.1 Å². The van der Waals surface area contributed by atoms with E-state index in [0.717, 1.165) is 12.8 Å². The van der Waals surface area contributed by atoms with Crippen molar-refractivity contribution >= 4 is 26.0 Å². The minimum atomic E-state index is -3.63. The summed E-state index contributed by atoms with van der Waals surface area (Å²) in [4.78, 5) is 0.128. The smallest absolute Gasteiger partial charge is 0.244 e. The summed E-state index contributed by atoms with van der Waals surface area (Å²) >= 11 is 3.27. The Bertz CT molecular complexity index is 558. The van der Waals surface area contributed by atoms with Crippen LogP contribution in [0, 0.1) is 5.92 Å². The third kappa shape index (κ3) is 3.47. The van der Waals surface area contributed by atoms with Crippen molar-refractivity contribution in [1.29, 1.82) is 0 Å². The number of nitrogens with one attached hydrogen (secondary N) is 1. The van der Waals surface area contributed by atoms with Gasteiger partial charge in [-0.05, 0) is 37.0 Å². The van der Waals surface area contributed by atoms with E-state index in [1.807, 2.05) is 0 Å². The molecule has 1 saturated carbocycles. The van der Waals surface area contributed by atoms with Gasteiger partial charge in [-0.15, -0.1) is 0 Å². The molecule has 3 N–H and O–H groups in total. The molecule has 1 aliphatic carbocycles. The number of hydrogen-bond donors (Lipinski definition) is 2. The first kappa shape index (κ1) is 14.8. The van der Waals surface area contributed by atoms with Crippen molar-refractivity contribution in [3.63, 3.8) is 0 Å². The van der Waals surface area contributed by atoms with Crippen LogP contribution < -0.4 is 15.2 Å². The van der Waals surface area contributed by atoms with Gasteiger partial charge < -0.3 is 10.5 Å². The van der Waals surface area contributed by atoms with Crippen molar-refractivity contribution in [3.8, 4) is 5.75 Å². The zero-order chi connectivity index (χ0) is 14.0. The molecule has 1 aromatic carbocycles. The Balaban J connectivity index is 2.30. The first-order valence-electron chi connectivity index (χ1n) is 6.04. The van der Waals surface area contributed by atoms with Gasteiger partial charge in [0.2, 0.25) is 10.0 Å². The number of nitrogens with two attached hydrogens (primary N) is 1. The first-order valence-corrected chi connectivity index (χ1v) is 8.31. The standard InChI is InChI=1S/C12H17BrN2O3S/c1-18-11-5-4-9(13)6-12(11)19(16,17)15-10(7-14)8-2-3-8/h4-6,8,10,15H,2-3,7,14H2,1H3. The van der Waals surface area contributed by atoms with Crippen LogP contribution in [0.2, 0.25) is 0 Å². The largest absolute Gasteiger partial charge is 0.495 e. The second-order valence-corrected chi connectivity index (χ2v) is 7.19. The highest BCUT2D eigenvalue weighted by molar-refractivity contribution is 9.10. The Morgan fingerprint density at radius 3 is 2.74 bits per heavy atom. The lowest BCUT2D eigenvalue weighted by atomic mass is 10.2. The van der Waals surface area contributed by atoms with E-state index in [1.165, 1.54) is 13.2 Å². The van der Waals surface area contributed by atoms with E-state index in [0.29, 0.717) is 22.7 Å². The summed E-state index contributed by atoms with van der Waals surface area (Å²) in [5.74, 6) is 0.681. The van der Waals surface area contributed by atoms with Crippen molar-refractivity contribution < 1.29 is 13.2 Å². The molecule has 0 bridgehead atoms. The zero-order valence-electron chi connectivity index (χ0n) is 10.6. The Hall–Kier alpha value is -0.630. The summed E-state index contributed by atoms with van der Waals surface area (Å²) in [6, 6.07) is 4.68. The second-order valence-electron chi connectivity index (χ2n) is 4.60. The van der Waals surface area contributed by atoms with Crippen LogP contribution in [0.4, 0.5) is 0 Å². The highest BCUT2D eigenvalue weighted by Gasteiger charge is 2.34. The summed E-state index contributed by atoms with van der Waals surface area (Å²) in [5.41, 5.74) is 5.63. The van der Waals surface area contributed by atoms with Gasteiger partial charge in [0.25, 0.3) is 0 Å². The lowest BCUT2D eigenvalue weighted by molar-refractivity contribution is 0.401. The highest BCUT2D eigenvalue weighted by atomic mass is 79.9. The van der Waals surface area contributed by atoms with Crippen LogP contribution in [0.5, 0.6) is 5.75 Å². The maximum absolute atomic E-state index is 12.4. The van der Waals surface area contributed by atoms with Gasteiger partial charge in [-0.2, -0.15) is 0 Å². The lowest BCUT2D eigenvalue weighted by Crippen LogP contribution is -2.41. The molecule has 0 radical (unpaired) electrons. The van der Waals surface area contributed by atoms with E-state index in [9.17, 15) is 8.42 Å². The van der Waals surface area contributed by atoms with Gasteiger partial charge in [-0.3, -0.25) is 0 Å². The molecule has 0 heterocycles. The molecule has 7 heteroatoms. The van der Waals surface area contributed by atoms with Gasteiger partial charge in [0.05, 0.1) is 7.11 Å². The summed E-state index contributed by atoms with van der Waals surface area (Å²) in [6.45, 7) is 0.306. The van der Waals surface area contributed by atoms with Gasteiger partial charge in [-0.1, -0.05) is 15.9 Å². The van der Waals surface area contributed by atoms with E-state index in [4.69, 9.17) is 10.5 Å². The zero-order valence-corrected chi connectivity index (χ0v) is 13.0. The predicted octanol–water partition coefficient (Wildman–Crippen LogP) is 1.47. The fourth-order valence-electron chi connectivity index (χ4n) is 1.96. The maximum atomic E-state index is 12.4.